The monoisotopic (exact) mass is 298 g/mol. The van der Waals surface area contributed by atoms with Gasteiger partial charge in [0.25, 0.3) is 0 Å². The zero-order valence-corrected chi connectivity index (χ0v) is 14.7. The van der Waals surface area contributed by atoms with E-state index >= 15 is 0 Å². The highest BCUT2D eigenvalue weighted by molar-refractivity contribution is 5.24. The Morgan fingerprint density at radius 2 is 1.45 bits per heavy atom. The first-order chi connectivity index (χ1) is 10.8. The van der Waals surface area contributed by atoms with Crippen LogP contribution >= 0.6 is 0 Å². The van der Waals surface area contributed by atoms with E-state index in [1.54, 1.807) is 0 Å². The smallest absolute Gasteiger partial charge is 0.00975 e. The average Bonchev–Trinajstić information content (AvgIpc) is 2.55. The van der Waals surface area contributed by atoms with Crippen LogP contribution in [0.4, 0.5) is 0 Å². The normalized spacial score (nSPS) is 22.3. The zero-order valence-electron chi connectivity index (χ0n) is 14.7. The fourth-order valence-corrected chi connectivity index (χ4v) is 3.80. The van der Waals surface area contributed by atoms with Gasteiger partial charge in [0, 0.05) is 0 Å². The lowest BCUT2D eigenvalue weighted by molar-refractivity contribution is 0.263. The van der Waals surface area contributed by atoms with Gasteiger partial charge in [-0.15, -0.1) is 0 Å². The van der Waals surface area contributed by atoms with Crippen molar-refractivity contribution in [3.8, 4) is 0 Å². The zero-order chi connectivity index (χ0) is 15.6. The summed E-state index contributed by atoms with van der Waals surface area (Å²) in [6.07, 6.45) is 18.3. The van der Waals surface area contributed by atoms with Crippen molar-refractivity contribution in [3.63, 3.8) is 0 Å². The second-order valence-corrected chi connectivity index (χ2v) is 7.15. The summed E-state index contributed by atoms with van der Waals surface area (Å²) in [5.41, 5.74) is 2.92. The molecule has 1 aliphatic carbocycles. The number of benzene rings is 1. The molecule has 0 N–H and O–H groups in total. The Hall–Kier alpha value is -1.04. The lowest BCUT2D eigenvalue weighted by atomic mass is 9.79. The highest BCUT2D eigenvalue weighted by atomic mass is 14.2. The number of hydrogen-bond acceptors (Lipinski definition) is 0. The van der Waals surface area contributed by atoms with Crippen LogP contribution in [0.5, 0.6) is 0 Å². The molecule has 1 fully saturated rings. The lowest BCUT2D eigenvalue weighted by Gasteiger charge is -2.27. The summed E-state index contributed by atoms with van der Waals surface area (Å²) < 4.78 is 0. The van der Waals surface area contributed by atoms with Gasteiger partial charge in [0.15, 0.2) is 0 Å². The van der Waals surface area contributed by atoms with E-state index in [0.29, 0.717) is 0 Å². The minimum absolute atomic E-state index is 0.955. The van der Waals surface area contributed by atoms with Crippen LogP contribution in [0.25, 0.3) is 0 Å². The fourth-order valence-electron chi connectivity index (χ4n) is 3.80. The van der Waals surface area contributed by atoms with E-state index in [2.05, 4.69) is 50.3 Å². The molecule has 0 bridgehead atoms. The summed E-state index contributed by atoms with van der Waals surface area (Å²) in [5.74, 6) is 1.99. The van der Waals surface area contributed by atoms with Crippen LogP contribution in [0.2, 0.25) is 0 Å². The van der Waals surface area contributed by atoms with E-state index in [4.69, 9.17) is 0 Å². The van der Waals surface area contributed by atoms with E-state index < -0.39 is 0 Å². The lowest BCUT2D eigenvalue weighted by Crippen LogP contribution is -2.13. The molecule has 122 valence electrons. The third kappa shape index (κ3) is 5.99. The average molecular weight is 299 g/mol. The molecule has 0 amide bonds. The van der Waals surface area contributed by atoms with Crippen molar-refractivity contribution in [2.75, 3.05) is 0 Å². The van der Waals surface area contributed by atoms with Crippen molar-refractivity contribution in [1.29, 1.82) is 0 Å². The first-order valence-electron chi connectivity index (χ1n) is 9.54. The van der Waals surface area contributed by atoms with Gasteiger partial charge < -0.3 is 0 Å². The van der Waals surface area contributed by atoms with Crippen molar-refractivity contribution in [2.45, 2.75) is 78.1 Å². The van der Waals surface area contributed by atoms with Crippen LogP contribution in [0.1, 0.15) is 76.3 Å². The Bertz CT molecular complexity index is 418. The Balaban J connectivity index is 1.66. The van der Waals surface area contributed by atoms with Crippen molar-refractivity contribution in [3.05, 3.63) is 47.5 Å². The van der Waals surface area contributed by atoms with Crippen LogP contribution in [-0.4, -0.2) is 0 Å². The SMILES string of the molecule is CCCc1ccc(C/C=C\CC2CCC(CCC)CC2)cc1. The van der Waals surface area contributed by atoms with E-state index in [9.17, 15) is 0 Å². The molecule has 1 saturated carbocycles. The van der Waals surface area contributed by atoms with Crippen LogP contribution in [0.3, 0.4) is 0 Å². The maximum atomic E-state index is 2.44. The topological polar surface area (TPSA) is 0 Å². The third-order valence-electron chi connectivity index (χ3n) is 5.21. The molecule has 0 atom stereocenters. The van der Waals surface area contributed by atoms with Gasteiger partial charge in [0.05, 0.1) is 0 Å². The number of allylic oxidation sites excluding steroid dienone is 2. The third-order valence-corrected chi connectivity index (χ3v) is 5.21. The highest BCUT2D eigenvalue weighted by Crippen LogP contribution is 2.33. The van der Waals surface area contributed by atoms with Gasteiger partial charge in [-0.05, 0) is 55.1 Å². The van der Waals surface area contributed by atoms with Gasteiger partial charge in [-0.25, -0.2) is 0 Å². The molecule has 0 heterocycles. The van der Waals surface area contributed by atoms with Crippen molar-refractivity contribution in [2.24, 2.45) is 11.8 Å². The van der Waals surface area contributed by atoms with Crippen LogP contribution in [0.15, 0.2) is 36.4 Å². The Morgan fingerprint density at radius 3 is 2.09 bits per heavy atom. The Kier molecular flexibility index (Phi) is 7.77. The Labute approximate surface area is 138 Å². The molecular weight excluding hydrogens is 264 g/mol. The molecular formula is C22H34. The molecule has 0 nitrogen and oxygen atoms in total. The van der Waals surface area contributed by atoms with E-state index in [1.165, 1.54) is 68.9 Å². The fraction of sp³-hybridized carbons (Fsp3) is 0.636. The molecule has 0 aliphatic heterocycles. The van der Waals surface area contributed by atoms with Gasteiger partial charge in [0.2, 0.25) is 0 Å². The van der Waals surface area contributed by atoms with E-state index in [1.807, 2.05) is 0 Å². The highest BCUT2D eigenvalue weighted by Gasteiger charge is 2.19. The van der Waals surface area contributed by atoms with Crippen LogP contribution in [0, 0.1) is 11.8 Å². The summed E-state index contributed by atoms with van der Waals surface area (Å²) in [4.78, 5) is 0. The molecule has 0 radical (unpaired) electrons. The molecule has 1 aliphatic rings. The minimum atomic E-state index is 0.955. The maximum absolute atomic E-state index is 2.44. The van der Waals surface area contributed by atoms with Gasteiger partial charge in [-0.3, -0.25) is 0 Å². The second kappa shape index (κ2) is 9.87. The van der Waals surface area contributed by atoms with Crippen LogP contribution in [-0.2, 0) is 12.8 Å². The van der Waals surface area contributed by atoms with Gasteiger partial charge in [-0.2, -0.15) is 0 Å². The molecule has 1 aromatic carbocycles. The first kappa shape index (κ1) is 17.3. The van der Waals surface area contributed by atoms with Crippen LogP contribution < -0.4 is 0 Å². The largest absolute Gasteiger partial charge is 0.0879 e. The van der Waals surface area contributed by atoms with Crippen molar-refractivity contribution < 1.29 is 0 Å². The molecule has 0 saturated heterocycles. The molecule has 2 rings (SSSR count). The second-order valence-electron chi connectivity index (χ2n) is 7.15. The van der Waals surface area contributed by atoms with Crippen molar-refractivity contribution in [1.82, 2.24) is 0 Å². The predicted octanol–water partition coefficient (Wildman–Crippen LogP) is 6.73. The first-order valence-corrected chi connectivity index (χ1v) is 9.54. The summed E-state index contributed by atoms with van der Waals surface area (Å²) in [6.45, 7) is 4.57. The minimum Gasteiger partial charge on any atom is -0.0879 e. The standard InChI is InChI=1S/C22H34/c1-3-7-19-11-15-21(16-12-19)9-5-6-10-22-17-13-20(8-4-2)14-18-22/h5-6,11-12,15-16,20,22H,3-4,7-10,13-14,17-18H2,1-2H3/b6-5-. The summed E-state index contributed by atoms with van der Waals surface area (Å²) in [6, 6.07) is 9.18. The van der Waals surface area contributed by atoms with E-state index in [0.717, 1.165) is 18.3 Å². The molecule has 0 unspecified atom stereocenters. The molecule has 0 spiro atoms. The summed E-state index contributed by atoms with van der Waals surface area (Å²) in [5, 5.41) is 0. The number of hydrogen-bond donors (Lipinski definition) is 0. The summed E-state index contributed by atoms with van der Waals surface area (Å²) in [7, 11) is 0. The molecule has 0 heteroatoms. The molecule has 22 heavy (non-hydrogen) atoms. The number of rotatable bonds is 8. The predicted molar refractivity (Wildman–Crippen MR) is 98.3 cm³/mol. The number of aryl methyl sites for hydroxylation is 1. The molecule has 0 aromatic heterocycles. The quantitative estimate of drug-likeness (QED) is 0.466. The van der Waals surface area contributed by atoms with Gasteiger partial charge in [0.1, 0.15) is 0 Å². The summed E-state index contributed by atoms with van der Waals surface area (Å²) >= 11 is 0. The Morgan fingerprint density at radius 1 is 0.818 bits per heavy atom. The van der Waals surface area contributed by atoms with Gasteiger partial charge in [-0.1, -0.05) is 82.4 Å². The maximum Gasteiger partial charge on any atom is -0.00975 e. The molecule has 1 aromatic rings. The van der Waals surface area contributed by atoms with Crippen molar-refractivity contribution >= 4 is 0 Å². The van der Waals surface area contributed by atoms with E-state index in [-0.39, 0.29) is 0 Å². The van der Waals surface area contributed by atoms with Gasteiger partial charge >= 0.3 is 0 Å².